The molecular weight excluding hydrogens is 268 g/mol. The summed E-state index contributed by atoms with van der Waals surface area (Å²) in [6, 6.07) is 4.63. The molecule has 0 spiro atoms. The zero-order valence-corrected chi connectivity index (χ0v) is 13.0. The highest BCUT2D eigenvalue weighted by Gasteiger charge is 2.47. The third-order valence-electron chi connectivity index (χ3n) is 4.28. The smallest absolute Gasteiger partial charge is 0.271 e. The lowest BCUT2D eigenvalue weighted by Gasteiger charge is -2.43. The summed E-state index contributed by atoms with van der Waals surface area (Å²) in [4.78, 5) is 26.3. The predicted octanol–water partition coefficient (Wildman–Crippen LogP) is 2.53. The van der Waals surface area contributed by atoms with E-state index in [1.807, 2.05) is 13.8 Å². The molecule has 0 saturated heterocycles. The Bertz CT molecular complexity index is 579. The van der Waals surface area contributed by atoms with Crippen molar-refractivity contribution in [1.29, 1.82) is 0 Å². The van der Waals surface area contributed by atoms with E-state index >= 15 is 0 Å². The van der Waals surface area contributed by atoms with E-state index in [0.29, 0.717) is 30.0 Å². The number of rotatable bonds is 4. The molecule has 1 amide bonds. The van der Waals surface area contributed by atoms with E-state index in [4.69, 9.17) is 10.5 Å². The van der Waals surface area contributed by atoms with Gasteiger partial charge in [0.2, 0.25) is 0 Å². The minimum atomic E-state index is -0.926. The van der Waals surface area contributed by atoms with E-state index in [-0.39, 0.29) is 11.7 Å². The van der Waals surface area contributed by atoms with Crippen LogP contribution in [0.3, 0.4) is 0 Å². The molecular formula is C16H22N2O3. The van der Waals surface area contributed by atoms with Crippen molar-refractivity contribution in [3.8, 4) is 5.75 Å². The highest BCUT2D eigenvalue weighted by atomic mass is 16.5. The monoisotopic (exact) mass is 290 g/mol. The van der Waals surface area contributed by atoms with E-state index in [1.54, 1.807) is 30.0 Å². The van der Waals surface area contributed by atoms with E-state index in [9.17, 15) is 9.59 Å². The highest BCUT2D eigenvalue weighted by Crippen LogP contribution is 2.42. The molecule has 114 valence electrons. The third kappa shape index (κ3) is 2.37. The number of ketones is 1. The van der Waals surface area contributed by atoms with Crippen molar-refractivity contribution in [2.45, 2.75) is 52.2 Å². The Morgan fingerprint density at radius 1 is 1.38 bits per heavy atom. The molecule has 2 N–H and O–H groups in total. The van der Waals surface area contributed by atoms with Gasteiger partial charge < -0.3 is 10.5 Å². The van der Waals surface area contributed by atoms with Crippen LogP contribution in [0.1, 0.15) is 40.5 Å². The van der Waals surface area contributed by atoms with Gasteiger partial charge in [0.1, 0.15) is 5.75 Å². The van der Waals surface area contributed by atoms with Gasteiger partial charge in [0.25, 0.3) is 5.91 Å². The largest absolute Gasteiger partial charge is 0.475 e. The number of nitrogens with two attached hydrogens (primary N) is 1. The number of benzene rings is 1. The van der Waals surface area contributed by atoms with E-state index in [0.717, 1.165) is 0 Å². The first-order valence-electron chi connectivity index (χ1n) is 7.29. The van der Waals surface area contributed by atoms with Gasteiger partial charge in [-0.05, 0) is 38.8 Å². The van der Waals surface area contributed by atoms with Gasteiger partial charge >= 0.3 is 0 Å². The number of nitrogen functional groups attached to an aromatic ring is 1. The Balaban J connectivity index is 2.62. The molecule has 0 aliphatic carbocycles. The maximum Gasteiger partial charge on any atom is 0.271 e. The fourth-order valence-corrected chi connectivity index (χ4v) is 2.66. The van der Waals surface area contributed by atoms with Crippen molar-refractivity contribution < 1.29 is 14.3 Å². The molecule has 5 heteroatoms. The van der Waals surface area contributed by atoms with Crippen LogP contribution in [0.15, 0.2) is 18.2 Å². The van der Waals surface area contributed by atoms with E-state index < -0.39 is 11.6 Å². The van der Waals surface area contributed by atoms with Gasteiger partial charge in [-0.3, -0.25) is 14.5 Å². The summed E-state index contributed by atoms with van der Waals surface area (Å²) in [5.41, 5.74) is 6.07. The lowest BCUT2D eigenvalue weighted by Crippen LogP contribution is -2.59. The second kappa shape index (κ2) is 5.39. The maximum absolute atomic E-state index is 12.9. The van der Waals surface area contributed by atoms with E-state index in [1.165, 1.54) is 6.92 Å². The normalized spacial score (nSPS) is 17.9. The number of ether oxygens (including phenoxy) is 1. The van der Waals surface area contributed by atoms with Crippen molar-refractivity contribution in [3.63, 3.8) is 0 Å². The molecule has 0 fully saturated rings. The van der Waals surface area contributed by atoms with Crippen LogP contribution in [0.4, 0.5) is 11.4 Å². The fraction of sp³-hybridized carbons (Fsp3) is 0.500. The molecule has 1 heterocycles. The summed E-state index contributed by atoms with van der Waals surface area (Å²) >= 11 is 0. The first-order valence-corrected chi connectivity index (χ1v) is 7.29. The molecule has 1 unspecified atom stereocenters. The molecule has 1 aromatic carbocycles. The number of nitrogens with zero attached hydrogens (tertiary/aromatic N) is 1. The van der Waals surface area contributed by atoms with Crippen molar-refractivity contribution >= 4 is 23.1 Å². The van der Waals surface area contributed by atoms with Gasteiger partial charge in [-0.1, -0.05) is 13.8 Å². The summed E-state index contributed by atoms with van der Waals surface area (Å²) in [6.45, 7) is 7.05. The summed E-state index contributed by atoms with van der Waals surface area (Å²) in [7, 11) is 0. The SMILES string of the molecule is CCC1(CC)Oc2cc(N)ccc2N(C(C)C(C)=O)C1=O. The van der Waals surface area contributed by atoms with Crippen molar-refractivity contribution in [2.24, 2.45) is 0 Å². The van der Waals surface area contributed by atoms with Crippen molar-refractivity contribution in [2.75, 3.05) is 10.6 Å². The third-order valence-corrected chi connectivity index (χ3v) is 4.28. The molecule has 5 nitrogen and oxygen atoms in total. The second-order valence-corrected chi connectivity index (χ2v) is 5.49. The maximum atomic E-state index is 12.9. The lowest BCUT2D eigenvalue weighted by atomic mass is 9.91. The molecule has 0 radical (unpaired) electrons. The summed E-state index contributed by atoms with van der Waals surface area (Å²) in [5, 5.41) is 0. The molecule has 21 heavy (non-hydrogen) atoms. The Kier molecular flexibility index (Phi) is 3.94. The number of carbonyl (C=O) groups excluding carboxylic acids is 2. The van der Waals surface area contributed by atoms with Crippen molar-refractivity contribution in [1.82, 2.24) is 0 Å². The molecule has 2 rings (SSSR count). The highest BCUT2D eigenvalue weighted by molar-refractivity contribution is 6.07. The fourth-order valence-electron chi connectivity index (χ4n) is 2.66. The lowest BCUT2D eigenvalue weighted by molar-refractivity contribution is -0.138. The van der Waals surface area contributed by atoms with Crippen LogP contribution >= 0.6 is 0 Å². The minimum absolute atomic E-state index is 0.0610. The topological polar surface area (TPSA) is 72.6 Å². The zero-order valence-electron chi connectivity index (χ0n) is 13.0. The van der Waals surface area contributed by atoms with E-state index in [2.05, 4.69) is 0 Å². The first-order chi connectivity index (χ1) is 9.86. The molecule has 1 aliphatic rings. The summed E-state index contributed by atoms with van der Waals surface area (Å²) in [5.74, 6) is 0.341. The Morgan fingerprint density at radius 2 is 2.00 bits per heavy atom. The number of carbonyl (C=O) groups is 2. The summed E-state index contributed by atoms with van der Waals surface area (Å²) < 4.78 is 5.99. The van der Waals surface area contributed by atoms with Gasteiger partial charge in [0.15, 0.2) is 11.4 Å². The van der Waals surface area contributed by atoms with Crippen LogP contribution in [0.5, 0.6) is 5.75 Å². The number of amides is 1. The van der Waals surface area contributed by atoms with Gasteiger partial charge in [-0.2, -0.15) is 0 Å². The molecule has 0 aromatic heterocycles. The standard InChI is InChI=1S/C16H22N2O3/c1-5-16(6-2)15(20)18(10(3)11(4)19)13-8-7-12(17)9-14(13)21-16/h7-10H,5-6,17H2,1-4H3. The first kappa shape index (κ1) is 15.4. The molecule has 0 saturated carbocycles. The predicted molar refractivity (Wildman–Crippen MR) is 82.4 cm³/mol. The number of hydrogen-bond acceptors (Lipinski definition) is 4. The molecule has 1 atom stereocenters. The second-order valence-electron chi connectivity index (χ2n) is 5.49. The number of anilines is 2. The van der Waals surface area contributed by atoms with Crippen LogP contribution in [0, 0.1) is 0 Å². The molecule has 1 aromatic rings. The van der Waals surface area contributed by atoms with Crippen molar-refractivity contribution in [3.05, 3.63) is 18.2 Å². The Hall–Kier alpha value is -2.04. The zero-order chi connectivity index (χ0) is 15.8. The van der Waals surface area contributed by atoms with Gasteiger partial charge in [0, 0.05) is 11.8 Å². The minimum Gasteiger partial charge on any atom is -0.475 e. The summed E-state index contributed by atoms with van der Waals surface area (Å²) in [6.07, 6.45) is 1.08. The van der Waals surface area contributed by atoms with Gasteiger partial charge in [0.05, 0.1) is 11.7 Å². The molecule has 1 aliphatic heterocycles. The van der Waals surface area contributed by atoms with Crippen LogP contribution in [-0.2, 0) is 9.59 Å². The number of Topliss-reactive ketones (excluding diaryl/α,β-unsaturated/α-hetero) is 1. The van der Waals surface area contributed by atoms with Crippen LogP contribution in [0.2, 0.25) is 0 Å². The van der Waals surface area contributed by atoms with Gasteiger partial charge in [-0.25, -0.2) is 0 Å². The van der Waals surface area contributed by atoms with Gasteiger partial charge in [-0.15, -0.1) is 0 Å². The quantitative estimate of drug-likeness (QED) is 0.865. The number of fused-ring (bicyclic) bond motifs is 1. The van der Waals surface area contributed by atoms with Crippen LogP contribution in [0.25, 0.3) is 0 Å². The Labute approximate surface area is 125 Å². The Morgan fingerprint density at radius 3 is 2.52 bits per heavy atom. The number of hydrogen-bond donors (Lipinski definition) is 1. The average Bonchev–Trinajstić information content (AvgIpc) is 2.46. The van der Waals surface area contributed by atoms with Crippen LogP contribution in [-0.4, -0.2) is 23.3 Å². The average molecular weight is 290 g/mol. The van der Waals surface area contributed by atoms with Crippen LogP contribution < -0.4 is 15.4 Å². The molecule has 0 bridgehead atoms.